The fraction of sp³-hybridized carbons (Fsp3) is 0.250. The number of nitrogens with one attached hydrogen (secondary N) is 1. The Hall–Kier alpha value is -2.36. The van der Waals surface area contributed by atoms with E-state index in [-0.39, 0.29) is 11.6 Å². The quantitative estimate of drug-likeness (QED) is 0.907. The molecule has 4 rings (SSSR count). The van der Waals surface area contributed by atoms with E-state index in [2.05, 4.69) is 22.4 Å². The van der Waals surface area contributed by atoms with Crippen LogP contribution in [0, 0.1) is 0 Å². The maximum atomic E-state index is 12.0. The molecule has 20 heavy (non-hydrogen) atoms. The molecule has 1 aromatic heterocycles. The fourth-order valence-corrected chi connectivity index (χ4v) is 2.67. The monoisotopic (exact) mass is 265 g/mol. The highest BCUT2D eigenvalue weighted by Crippen LogP contribution is 2.40. The van der Waals surface area contributed by atoms with Crippen LogP contribution in [0.25, 0.3) is 11.1 Å². The molecule has 1 saturated heterocycles. The van der Waals surface area contributed by atoms with Crippen molar-refractivity contribution in [3.63, 3.8) is 0 Å². The molecule has 2 aliphatic rings. The van der Waals surface area contributed by atoms with Crippen molar-refractivity contribution >= 4 is 11.8 Å². The lowest BCUT2D eigenvalue weighted by atomic mass is 10.1. The second-order valence-corrected chi connectivity index (χ2v) is 5.57. The second-order valence-electron chi connectivity index (χ2n) is 5.57. The van der Waals surface area contributed by atoms with Gasteiger partial charge in [-0.1, -0.05) is 30.3 Å². The topological polar surface area (TPSA) is 45.2 Å². The van der Waals surface area contributed by atoms with Gasteiger partial charge >= 0.3 is 6.03 Å². The van der Waals surface area contributed by atoms with Gasteiger partial charge in [-0.25, -0.2) is 9.78 Å². The molecule has 2 aromatic rings. The third kappa shape index (κ3) is 1.84. The standard InChI is InChI=1S/C16H15N3O/c20-15-18-16(8-9-16)11-19(15)14-7-6-13(10-17-14)12-4-2-1-3-5-12/h1-7,10H,8-9,11H2,(H,18,20). The van der Waals surface area contributed by atoms with Crippen LogP contribution >= 0.6 is 0 Å². The number of anilines is 1. The normalized spacial score (nSPS) is 19.2. The summed E-state index contributed by atoms with van der Waals surface area (Å²) >= 11 is 0. The van der Waals surface area contributed by atoms with Gasteiger partial charge in [0, 0.05) is 11.8 Å². The van der Waals surface area contributed by atoms with Gasteiger partial charge in [-0.05, 0) is 30.5 Å². The lowest BCUT2D eigenvalue weighted by Crippen LogP contribution is -2.29. The van der Waals surface area contributed by atoms with Crippen molar-refractivity contribution in [3.8, 4) is 11.1 Å². The Morgan fingerprint density at radius 1 is 1.05 bits per heavy atom. The van der Waals surface area contributed by atoms with Gasteiger partial charge in [-0.15, -0.1) is 0 Å². The highest BCUT2D eigenvalue weighted by Gasteiger charge is 2.52. The number of aromatic nitrogens is 1. The van der Waals surface area contributed by atoms with Gasteiger partial charge in [0.15, 0.2) is 0 Å². The predicted molar refractivity (Wildman–Crippen MR) is 77.5 cm³/mol. The Bertz CT molecular complexity index is 647. The number of hydrogen-bond donors (Lipinski definition) is 1. The van der Waals surface area contributed by atoms with E-state index in [0.717, 1.165) is 36.3 Å². The van der Waals surface area contributed by atoms with E-state index in [4.69, 9.17) is 0 Å². The largest absolute Gasteiger partial charge is 0.330 e. The first kappa shape index (κ1) is 11.5. The average Bonchev–Trinajstić information content (AvgIpc) is 3.16. The lowest BCUT2D eigenvalue weighted by Gasteiger charge is -2.13. The molecule has 1 N–H and O–H groups in total. The first-order valence-electron chi connectivity index (χ1n) is 6.87. The predicted octanol–water partition coefficient (Wildman–Crippen LogP) is 2.81. The summed E-state index contributed by atoms with van der Waals surface area (Å²) in [6.07, 6.45) is 3.99. The summed E-state index contributed by atoms with van der Waals surface area (Å²) in [6, 6.07) is 14.0. The Labute approximate surface area is 117 Å². The van der Waals surface area contributed by atoms with Crippen molar-refractivity contribution in [1.82, 2.24) is 10.3 Å². The Morgan fingerprint density at radius 3 is 2.45 bits per heavy atom. The number of carbonyl (C=O) groups is 1. The third-order valence-corrected chi connectivity index (χ3v) is 4.06. The Kier molecular flexibility index (Phi) is 2.33. The molecule has 1 spiro atoms. The van der Waals surface area contributed by atoms with E-state index in [1.165, 1.54) is 0 Å². The summed E-state index contributed by atoms with van der Waals surface area (Å²) in [5, 5.41) is 3.05. The molecule has 2 heterocycles. The third-order valence-electron chi connectivity index (χ3n) is 4.06. The Balaban J connectivity index is 1.60. The van der Waals surface area contributed by atoms with E-state index in [1.807, 2.05) is 36.5 Å². The first-order valence-corrected chi connectivity index (χ1v) is 6.87. The van der Waals surface area contributed by atoms with Crippen molar-refractivity contribution in [2.45, 2.75) is 18.4 Å². The van der Waals surface area contributed by atoms with E-state index in [0.29, 0.717) is 0 Å². The van der Waals surface area contributed by atoms with Gasteiger partial charge in [0.05, 0.1) is 12.1 Å². The summed E-state index contributed by atoms with van der Waals surface area (Å²) in [5.74, 6) is 0.728. The zero-order chi connectivity index (χ0) is 13.6. The SMILES string of the molecule is O=C1NC2(CC2)CN1c1ccc(-c2ccccc2)cn1. The summed E-state index contributed by atoms with van der Waals surface area (Å²) < 4.78 is 0. The smallest absolute Gasteiger partial charge is 0.323 e. The van der Waals surface area contributed by atoms with E-state index in [1.54, 1.807) is 4.90 Å². The van der Waals surface area contributed by atoms with Gasteiger partial charge in [-0.2, -0.15) is 0 Å². The van der Waals surface area contributed by atoms with Crippen LogP contribution in [0.1, 0.15) is 12.8 Å². The second kappa shape index (κ2) is 4.07. The van der Waals surface area contributed by atoms with Crippen LogP contribution in [-0.2, 0) is 0 Å². The summed E-state index contributed by atoms with van der Waals surface area (Å²) in [4.78, 5) is 18.1. The van der Waals surface area contributed by atoms with Crippen molar-refractivity contribution in [1.29, 1.82) is 0 Å². The number of rotatable bonds is 2. The molecule has 1 saturated carbocycles. The minimum atomic E-state index is -0.0255. The number of urea groups is 1. The minimum absolute atomic E-state index is 0.0255. The van der Waals surface area contributed by atoms with Crippen LogP contribution < -0.4 is 10.2 Å². The van der Waals surface area contributed by atoms with Crippen LogP contribution in [0.4, 0.5) is 10.6 Å². The maximum absolute atomic E-state index is 12.0. The lowest BCUT2D eigenvalue weighted by molar-refractivity contribution is 0.250. The molecule has 100 valence electrons. The molecule has 1 aliphatic carbocycles. The highest BCUT2D eigenvalue weighted by atomic mass is 16.2. The molecule has 0 atom stereocenters. The van der Waals surface area contributed by atoms with Crippen molar-refractivity contribution in [2.24, 2.45) is 0 Å². The van der Waals surface area contributed by atoms with Crippen molar-refractivity contribution < 1.29 is 4.79 Å². The molecule has 4 heteroatoms. The number of carbonyl (C=O) groups excluding carboxylic acids is 1. The zero-order valence-electron chi connectivity index (χ0n) is 11.0. The summed E-state index contributed by atoms with van der Waals surface area (Å²) in [7, 11) is 0. The summed E-state index contributed by atoms with van der Waals surface area (Å²) in [5.41, 5.74) is 2.24. The molecular weight excluding hydrogens is 250 g/mol. The minimum Gasteiger partial charge on any atom is -0.330 e. The number of amides is 2. The Morgan fingerprint density at radius 2 is 1.85 bits per heavy atom. The van der Waals surface area contributed by atoms with E-state index < -0.39 is 0 Å². The fourth-order valence-electron chi connectivity index (χ4n) is 2.67. The van der Waals surface area contributed by atoms with Crippen molar-refractivity contribution in [3.05, 3.63) is 48.7 Å². The summed E-state index contributed by atoms with van der Waals surface area (Å²) in [6.45, 7) is 0.740. The van der Waals surface area contributed by atoms with Crippen LogP contribution in [-0.4, -0.2) is 23.1 Å². The molecule has 4 nitrogen and oxygen atoms in total. The van der Waals surface area contributed by atoms with Crippen LogP contribution in [0.3, 0.4) is 0 Å². The molecule has 2 fully saturated rings. The maximum Gasteiger partial charge on any atom is 0.323 e. The molecule has 0 bridgehead atoms. The number of benzene rings is 1. The number of pyridine rings is 1. The van der Waals surface area contributed by atoms with Gasteiger partial charge < -0.3 is 5.32 Å². The molecular formula is C16H15N3O. The highest BCUT2D eigenvalue weighted by molar-refractivity contribution is 5.95. The van der Waals surface area contributed by atoms with Crippen LogP contribution in [0.5, 0.6) is 0 Å². The van der Waals surface area contributed by atoms with Gasteiger partial charge in [0.2, 0.25) is 0 Å². The zero-order valence-corrected chi connectivity index (χ0v) is 11.0. The number of hydrogen-bond acceptors (Lipinski definition) is 2. The van der Waals surface area contributed by atoms with E-state index in [9.17, 15) is 4.79 Å². The first-order chi connectivity index (χ1) is 9.76. The van der Waals surface area contributed by atoms with Crippen LogP contribution in [0.15, 0.2) is 48.7 Å². The average molecular weight is 265 g/mol. The number of nitrogens with zero attached hydrogens (tertiary/aromatic N) is 2. The molecule has 1 aromatic carbocycles. The molecule has 0 unspecified atom stereocenters. The van der Waals surface area contributed by atoms with Gasteiger partial charge in [0.25, 0.3) is 0 Å². The molecule has 0 radical (unpaired) electrons. The van der Waals surface area contributed by atoms with Gasteiger partial charge in [0.1, 0.15) is 5.82 Å². The molecule has 2 amide bonds. The van der Waals surface area contributed by atoms with Crippen LogP contribution in [0.2, 0.25) is 0 Å². The van der Waals surface area contributed by atoms with Crippen molar-refractivity contribution in [2.75, 3.05) is 11.4 Å². The van der Waals surface area contributed by atoms with E-state index >= 15 is 0 Å². The molecule has 1 aliphatic heterocycles. The van der Waals surface area contributed by atoms with Gasteiger partial charge in [-0.3, -0.25) is 4.90 Å².